The zero-order valence-electron chi connectivity index (χ0n) is 10.4. The number of fused-ring (bicyclic) bond motifs is 2. The summed E-state index contributed by atoms with van der Waals surface area (Å²) in [5.74, 6) is 0.279. The highest BCUT2D eigenvalue weighted by atomic mass is 35.5. The highest BCUT2D eigenvalue weighted by molar-refractivity contribution is 6.31. The molecule has 0 unspecified atom stereocenters. The molecule has 0 amide bonds. The average molecular weight is 288 g/mol. The Bertz CT molecular complexity index is 902. The highest BCUT2D eigenvalue weighted by Crippen LogP contribution is 2.23. The van der Waals surface area contributed by atoms with Crippen LogP contribution in [0.15, 0.2) is 38.5 Å². The average Bonchev–Trinajstić information content (AvgIpc) is 2.42. The number of nitrogen functional groups attached to an aromatic ring is 1. The first-order chi connectivity index (χ1) is 9.60. The normalized spacial score (nSPS) is 11.1. The number of aliphatic imine (C=N–C) groups is 1. The molecule has 0 saturated heterocycles. The van der Waals surface area contributed by atoms with Crippen LogP contribution in [-0.4, -0.2) is 11.7 Å². The predicted molar refractivity (Wildman–Crippen MR) is 80.5 cm³/mol. The van der Waals surface area contributed by atoms with Gasteiger partial charge in [-0.3, -0.25) is 9.79 Å². The Kier molecular flexibility index (Phi) is 2.91. The van der Waals surface area contributed by atoms with Crippen LogP contribution in [0, 0.1) is 0 Å². The first kappa shape index (κ1) is 12.6. The molecule has 0 spiro atoms. The van der Waals surface area contributed by atoms with E-state index in [1.165, 1.54) is 0 Å². The molecular weight excluding hydrogens is 278 g/mol. The fourth-order valence-electron chi connectivity index (χ4n) is 2.06. The summed E-state index contributed by atoms with van der Waals surface area (Å²) in [5.41, 5.74) is 6.88. The van der Waals surface area contributed by atoms with Crippen LogP contribution in [0.3, 0.4) is 0 Å². The SMILES string of the molecule is C=NCc1cc2c(=O)c3cc(Cl)ccc3oc2nc1N. The number of rotatable bonds is 2. The van der Waals surface area contributed by atoms with Gasteiger partial charge in [-0.15, -0.1) is 0 Å². The third-order valence-corrected chi connectivity index (χ3v) is 3.25. The molecule has 100 valence electrons. The standard InChI is InChI=1S/C14H10ClN3O2/c1-17-6-7-4-10-12(19)9-5-8(15)2-3-11(9)20-14(10)18-13(7)16/h2-5H,1,6H2,(H2,16,18). The first-order valence-corrected chi connectivity index (χ1v) is 6.22. The minimum Gasteiger partial charge on any atom is -0.437 e. The van der Waals surface area contributed by atoms with Crippen LogP contribution in [0.1, 0.15) is 5.56 Å². The van der Waals surface area contributed by atoms with Crippen molar-refractivity contribution in [1.29, 1.82) is 0 Å². The van der Waals surface area contributed by atoms with Crippen molar-refractivity contribution in [2.45, 2.75) is 6.54 Å². The molecule has 2 aromatic heterocycles. The molecule has 6 heteroatoms. The maximum atomic E-state index is 12.5. The Morgan fingerprint density at radius 3 is 2.90 bits per heavy atom. The molecule has 2 N–H and O–H groups in total. The van der Waals surface area contributed by atoms with Gasteiger partial charge in [0.2, 0.25) is 11.1 Å². The molecule has 2 heterocycles. The number of nitrogens with zero attached hydrogens (tertiary/aromatic N) is 2. The molecule has 0 atom stereocenters. The lowest BCUT2D eigenvalue weighted by atomic mass is 10.1. The van der Waals surface area contributed by atoms with Crippen LogP contribution >= 0.6 is 11.6 Å². The molecular formula is C14H10ClN3O2. The van der Waals surface area contributed by atoms with Gasteiger partial charge in [-0.2, -0.15) is 4.98 Å². The van der Waals surface area contributed by atoms with Crippen LogP contribution in [0.4, 0.5) is 5.82 Å². The lowest BCUT2D eigenvalue weighted by molar-refractivity contribution is 0.645. The highest BCUT2D eigenvalue weighted by Gasteiger charge is 2.12. The summed E-state index contributed by atoms with van der Waals surface area (Å²) >= 11 is 5.91. The number of nitrogens with two attached hydrogens (primary N) is 1. The van der Waals surface area contributed by atoms with E-state index >= 15 is 0 Å². The van der Waals surface area contributed by atoms with Crippen molar-refractivity contribution in [2.24, 2.45) is 4.99 Å². The Balaban J connectivity index is 2.44. The van der Waals surface area contributed by atoms with E-state index in [1.807, 2.05) is 0 Å². The molecule has 20 heavy (non-hydrogen) atoms. The molecule has 0 radical (unpaired) electrons. The van der Waals surface area contributed by atoms with Gasteiger partial charge in [0.15, 0.2) is 0 Å². The molecule has 0 aliphatic rings. The summed E-state index contributed by atoms with van der Waals surface area (Å²) in [6.07, 6.45) is 0. The van der Waals surface area contributed by atoms with Gasteiger partial charge in [-0.25, -0.2) is 0 Å². The fourth-order valence-corrected chi connectivity index (χ4v) is 2.23. The molecule has 3 aromatic rings. The lowest BCUT2D eigenvalue weighted by Gasteiger charge is -2.05. The summed E-state index contributed by atoms with van der Waals surface area (Å²) in [5, 5.41) is 1.24. The third kappa shape index (κ3) is 1.92. The van der Waals surface area contributed by atoms with Crippen molar-refractivity contribution >= 4 is 46.2 Å². The van der Waals surface area contributed by atoms with Crippen molar-refractivity contribution in [1.82, 2.24) is 4.98 Å². The quantitative estimate of drug-likeness (QED) is 0.580. The number of anilines is 1. The van der Waals surface area contributed by atoms with Gasteiger partial charge in [0.05, 0.1) is 17.3 Å². The maximum absolute atomic E-state index is 12.5. The van der Waals surface area contributed by atoms with E-state index in [9.17, 15) is 4.79 Å². The summed E-state index contributed by atoms with van der Waals surface area (Å²) < 4.78 is 5.60. The zero-order chi connectivity index (χ0) is 14.3. The van der Waals surface area contributed by atoms with Gasteiger partial charge < -0.3 is 10.2 Å². The predicted octanol–water partition coefficient (Wildman–Crippen LogP) is 2.78. The summed E-state index contributed by atoms with van der Waals surface area (Å²) in [7, 11) is 0. The molecule has 0 aliphatic carbocycles. The van der Waals surface area contributed by atoms with Crippen molar-refractivity contribution in [3.8, 4) is 0 Å². The molecule has 0 saturated carbocycles. The van der Waals surface area contributed by atoms with Gasteiger partial charge in [0, 0.05) is 10.6 Å². The molecule has 0 bridgehead atoms. The lowest BCUT2D eigenvalue weighted by Crippen LogP contribution is -2.06. The second-order valence-corrected chi connectivity index (χ2v) is 4.78. The topological polar surface area (TPSA) is 81.5 Å². The largest absolute Gasteiger partial charge is 0.437 e. The second-order valence-electron chi connectivity index (χ2n) is 4.34. The minimum absolute atomic E-state index is 0.193. The number of halogens is 1. The van der Waals surface area contributed by atoms with Crippen molar-refractivity contribution in [3.63, 3.8) is 0 Å². The van der Waals surface area contributed by atoms with E-state index in [0.717, 1.165) is 0 Å². The monoisotopic (exact) mass is 287 g/mol. The smallest absolute Gasteiger partial charge is 0.232 e. The Hall–Kier alpha value is -2.40. The molecule has 0 fully saturated rings. The molecule has 3 rings (SSSR count). The van der Waals surface area contributed by atoms with E-state index in [1.54, 1.807) is 24.3 Å². The third-order valence-electron chi connectivity index (χ3n) is 3.02. The van der Waals surface area contributed by atoms with Gasteiger partial charge >= 0.3 is 0 Å². The summed E-state index contributed by atoms with van der Waals surface area (Å²) in [4.78, 5) is 20.3. The molecule has 5 nitrogen and oxygen atoms in total. The Labute approximate surface area is 118 Å². The molecule has 1 aromatic carbocycles. The van der Waals surface area contributed by atoms with E-state index < -0.39 is 0 Å². The van der Waals surface area contributed by atoms with Crippen LogP contribution in [0.5, 0.6) is 0 Å². The zero-order valence-corrected chi connectivity index (χ0v) is 11.1. The fraction of sp³-hybridized carbons (Fsp3) is 0.0714. The van der Waals surface area contributed by atoms with Crippen molar-refractivity contribution in [2.75, 3.05) is 5.73 Å². The number of benzene rings is 1. The van der Waals surface area contributed by atoms with E-state index in [2.05, 4.69) is 16.7 Å². The number of aromatic nitrogens is 1. The van der Waals surface area contributed by atoms with Crippen LogP contribution in [-0.2, 0) is 6.54 Å². The Morgan fingerprint density at radius 2 is 2.15 bits per heavy atom. The minimum atomic E-state index is -0.193. The van der Waals surface area contributed by atoms with E-state index in [0.29, 0.717) is 33.5 Å². The Morgan fingerprint density at radius 1 is 1.35 bits per heavy atom. The molecule has 0 aliphatic heterocycles. The maximum Gasteiger partial charge on any atom is 0.232 e. The number of pyridine rings is 1. The van der Waals surface area contributed by atoms with Gasteiger partial charge in [-0.1, -0.05) is 11.6 Å². The van der Waals surface area contributed by atoms with Crippen molar-refractivity contribution < 1.29 is 4.42 Å². The van der Waals surface area contributed by atoms with E-state index in [4.69, 9.17) is 21.8 Å². The summed E-state index contributed by atoms with van der Waals surface area (Å²) in [6, 6.07) is 6.50. The second kappa shape index (κ2) is 4.61. The first-order valence-electron chi connectivity index (χ1n) is 5.84. The van der Waals surface area contributed by atoms with Gasteiger partial charge in [0.25, 0.3) is 0 Å². The van der Waals surface area contributed by atoms with Crippen molar-refractivity contribution in [3.05, 3.63) is 45.1 Å². The van der Waals surface area contributed by atoms with Crippen LogP contribution in [0.2, 0.25) is 5.02 Å². The van der Waals surface area contributed by atoms with E-state index in [-0.39, 0.29) is 17.0 Å². The van der Waals surface area contributed by atoms with Gasteiger partial charge in [0.1, 0.15) is 11.4 Å². The number of hydrogen-bond donors (Lipinski definition) is 1. The van der Waals surface area contributed by atoms with Crippen LogP contribution < -0.4 is 11.2 Å². The summed E-state index contributed by atoms with van der Waals surface area (Å²) in [6.45, 7) is 3.70. The van der Waals surface area contributed by atoms with Gasteiger partial charge in [-0.05, 0) is 31.0 Å². The number of hydrogen-bond acceptors (Lipinski definition) is 5. The van der Waals surface area contributed by atoms with Crippen LogP contribution in [0.25, 0.3) is 22.1 Å².